The van der Waals surface area contributed by atoms with Crippen LogP contribution in [0.15, 0.2) is 41.8 Å². The van der Waals surface area contributed by atoms with Crippen molar-refractivity contribution in [2.45, 2.75) is 71.0 Å². The minimum atomic E-state index is -0.593. The fraction of sp³-hybridized carbons (Fsp3) is 0.458. The number of nitrogens with zero attached hydrogens (tertiary/aromatic N) is 5. The lowest BCUT2D eigenvalue weighted by molar-refractivity contribution is -0.127. The molecule has 3 aromatic rings. The first-order valence-electron chi connectivity index (χ1n) is 11.6. The Morgan fingerprint density at radius 2 is 2.00 bits per heavy atom. The van der Waals surface area contributed by atoms with Crippen LogP contribution in [-0.4, -0.2) is 44.1 Å². The molecular formula is C24H30N6O2S. The molecule has 0 spiro atoms. The van der Waals surface area contributed by atoms with E-state index in [9.17, 15) is 9.59 Å². The molecule has 0 aliphatic heterocycles. The summed E-state index contributed by atoms with van der Waals surface area (Å²) in [6.07, 6.45) is 5.61. The fourth-order valence-electron chi connectivity index (χ4n) is 4.34. The van der Waals surface area contributed by atoms with Crippen molar-refractivity contribution < 1.29 is 9.59 Å². The highest BCUT2D eigenvalue weighted by Crippen LogP contribution is 2.26. The predicted molar refractivity (Wildman–Crippen MR) is 129 cm³/mol. The lowest BCUT2D eigenvalue weighted by atomic mass is 10.0. The summed E-state index contributed by atoms with van der Waals surface area (Å²) in [6, 6.07) is 11.1. The molecule has 33 heavy (non-hydrogen) atoms. The second-order valence-corrected chi connectivity index (χ2v) is 9.41. The summed E-state index contributed by atoms with van der Waals surface area (Å²) < 4.78 is 0. The zero-order valence-corrected chi connectivity index (χ0v) is 19.9. The average molecular weight is 467 g/mol. The summed E-state index contributed by atoms with van der Waals surface area (Å²) in [5, 5.41) is 17.7. The minimum absolute atomic E-state index is 0.0915. The maximum atomic E-state index is 13.6. The van der Waals surface area contributed by atoms with E-state index in [1.165, 1.54) is 16.1 Å². The Labute approximate surface area is 198 Å². The van der Waals surface area contributed by atoms with Gasteiger partial charge >= 0.3 is 0 Å². The van der Waals surface area contributed by atoms with Crippen LogP contribution in [0.1, 0.15) is 51.0 Å². The second kappa shape index (κ2) is 10.7. The van der Waals surface area contributed by atoms with Gasteiger partial charge in [-0.2, -0.15) is 4.80 Å². The Morgan fingerprint density at radius 1 is 1.21 bits per heavy atom. The zero-order valence-electron chi connectivity index (χ0n) is 19.1. The number of aromatic nitrogens is 4. The highest BCUT2D eigenvalue weighted by molar-refractivity contribution is 7.13. The number of hydrogen-bond donors (Lipinski definition) is 1. The molecule has 1 saturated carbocycles. The monoisotopic (exact) mass is 466 g/mol. The smallest absolute Gasteiger partial charge is 0.251 e. The molecule has 1 fully saturated rings. The first-order chi connectivity index (χ1) is 16.1. The van der Waals surface area contributed by atoms with Crippen molar-refractivity contribution >= 4 is 28.8 Å². The predicted octanol–water partition coefficient (Wildman–Crippen LogP) is 3.97. The molecule has 2 aromatic heterocycles. The number of rotatable bonds is 9. The minimum Gasteiger partial charge on any atom is -0.352 e. The van der Waals surface area contributed by atoms with Crippen molar-refractivity contribution in [3.63, 3.8) is 0 Å². The molecule has 1 unspecified atom stereocenters. The molecule has 0 bridgehead atoms. The van der Waals surface area contributed by atoms with Crippen LogP contribution in [0.25, 0.3) is 10.7 Å². The molecule has 8 nitrogen and oxygen atoms in total. The van der Waals surface area contributed by atoms with Gasteiger partial charge in [-0.25, -0.2) is 0 Å². The molecule has 0 radical (unpaired) electrons. The van der Waals surface area contributed by atoms with Crippen LogP contribution in [0.4, 0.5) is 5.69 Å². The maximum absolute atomic E-state index is 13.6. The Hall–Kier alpha value is -3.07. The summed E-state index contributed by atoms with van der Waals surface area (Å²) in [6.45, 7) is 3.89. The van der Waals surface area contributed by atoms with Crippen LogP contribution in [0.2, 0.25) is 0 Å². The van der Waals surface area contributed by atoms with Gasteiger partial charge in [0, 0.05) is 11.7 Å². The van der Waals surface area contributed by atoms with Gasteiger partial charge in [-0.1, -0.05) is 50.5 Å². The van der Waals surface area contributed by atoms with Gasteiger partial charge < -0.3 is 5.32 Å². The zero-order chi connectivity index (χ0) is 23.2. The first-order valence-corrected chi connectivity index (χ1v) is 12.4. The van der Waals surface area contributed by atoms with E-state index in [-0.39, 0.29) is 24.4 Å². The third-order valence-corrected chi connectivity index (χ3v) is 6.86. The Balaban J connectivity index is 1.61. The number of carbonyl (C=O) groups excluding carboxylic acids is 2. The highest BCUT2D eigenvalue weighted by atomic mass is 32.1. The van der Waals surface area contributed by atoms with E-state index in [0.29, 0.717) is 12.2 Å². The lowest BCUT2D eigenvalue weighted by Gasteiger charge is -2.32. The van der Waals surface area contributed by atoms with Crippen molar-refractivity contribution in [3.8, 4) is 10.7 Å². The van der Waals surface area contributed by atoms with Crippen molar-refractivity contribution in [1.29, 1.82) is 0 Å². The third kappa shape index (κ3) is 5.47. The molecule has 2 amide bonds. The van der Waals surface area contributed by atoms with Crippen molar-refractivity contribution in [3.05, 3.63) is 47.3 Å². The summed E-state index contributed by atoms with van der Waals surface area (Å²) in [7, 11) is 0. The summed E-state index contributed by atoms with van der Waals surface area (Å²) in [5.74, 6) is 0.162. The number of aryl methyl sites for hydroxylation is 1. The largest absolute Gasteiger partial charge is 0.352 e. The standard InChI is InChI=1S/C24H30N6O2S/c1-3-9-20(24(32)25-18-11-5-6-12-18)30(19-13-7-4-10-17(19)2)22(31)16-29-27-23(26-28-29)21-14-8-15-33-21/h4,7-8,10,13-15,18,20H,3,5-6,9,11-12,16H2,1-2H3,(H,25,32). The Morgan fingerprint density at radius 3 is 2.70 bits per heavy atom. The molecule has 1 aliphatic rings. The van der Waals surface area contributed by atoms with E-state index in [1.807, 2.05) is 55.6 Å². The van der Waals surface area contributed by atoms with Crippen LogP contribution in [0.5, 0.6) is 0 Å². The van der Waals surface area contributed by atoms with E-state index in [4.69, 9.17) is 0 Å². The van der Waals surface area contributed by atoms with Gasteiger partial charge in [-0.05, 0) is 54.5 Å². The second-order valence-electron chi connectivity index (χ2n) is 8.47. The van der Waals surface area contributed by atoms with E-state index < -0.39 is 6.04 Å². The number of nitrogens with one attached hydrogen (secondary N) is 1. The summed E-state index contributed by atoms with van der Waals surface area (Å²) >= 11 is 1.52. The van der Waals surface area contributed by atoms with Crippen LogP contribution in [-0.2, 0) is 16.1 Å². The van der Waals surface area contributed by atoms with E-state index in [1.54, 1.807) is 4.90 Å². The van der Waals surface area contributed by atoms with Crippen LogP contribution in [0.3, 0.4) is 0 Å². The molecule has 1 aromatic carbocycles. The van der Waals surface area contributed by atoms with Crippen molar-refractivity contribution in [1.82, 2.24) is 25.5 Å². The first kappa shape index (κ1) is 23.1. The molecular weight excluding hydrogens is 436 g/mol. The van der Waals surface area contributed by atoms with E-state index >= 15 is 0 Å². The van der Waals surface area contributed by atoms with Crippen molar-refractivity contribution in [2.24, 2.45) is 0 Å². The number of amides is 2. The third-order valence-electron chi connectivity index (χ3n) is 5.99. The Bertz CT molecular complexity index is 1070. The van der Waals surface area contributed by atoms with Gasteiger partial charge in [0.15, 0.2) is 0 Å². The van der Waals surface area contributed by atoms with Crippen LogP contribution < -0.4 is 10.2 Å². The molecule has 2 heterocycles. The number of tetrazole rings is 1. The van der Waals surface area contributed by atoms with E-state index in [0.717, 1.165) is 48.2 Å². The SMILES string of the molecule is CCCC(C(=O)NC1CCCC1)N(C(=O)Cn1nnc(-c2cccs2)n1)c1ccccc1C. The van der Waals surface area contributed by atoms with Gasteiger partial charge in [0.05, 0.1) is 4.88 Å². The molecule has 1 aliphatic carbocycles. The number of carbonyl (C=O) groups is 2. The van der Waals surface area contributed by atoms with Gasteiger partial charge in [0.25, 0.3) is 5.91 Å². The quantitative estimate of drug-likeness (QED) is 0.515. The molecule has 174 valence electrons. The maximum Gasteiger partial charge on any atom is 0.251 e. The van der Waals surface area contributed by atoms with Gasteiger partial charge in [-0.3, -0.25) is 14.5 Å². The van der Waals surface area contributed by atoms with Crippen LogP contribution >= 0.6 is 11.3 Å². The number of para-hydroxylation sites is 1. The number of anilines is 1. The number of benzene rings is 1. The fourth-order valence-corrected chi connectivity index (χ4v) is 4.99. The highest BCUT2D eigenvalue weighted by Gasteiger charge is 2.33. The topological polar surface area (TPSA) is 93.0 Å². The number of thiophene rings is 1. The summed E-state index contributed by atoms with van der Waals surface area (Å²) in [4.78, 5) is 30.9. The Kier molecular flexibility index (Phi) is 7.49. The molecule has 0 saturated heterocycles. The summed E-state index contributed by atoms with van der Waals surface area (Å²) in [5.41, 5.74) is 1.67. The molecule has 1 N–H and O–H groups in total. The molecule has 9 heteroatoms. The number of hydrogen-bond acceptors (Lipinski definition) is 6. The van der Waals surface area contributed by atoms with Gasteiger partial charge in [-0.15, -0.1) is 21.5 Å². The van der Waals surface area contributed by atoms with Crippen molar-refractivity contribution in [2.75, 3.05) is 4.90 Å². The average Bonchev–Trinajstić information content (AvgIpc) is 3.57. The van der Waals surface area contributed by atoms with Crippen LogP contribution in [0, 0.1) is 6.92 Å². The van der Waals surface area contributed by atoms with Gasteiger partial charge in [0.2, 0.25) is 11.7 Å². The molecule has 1 atom stereocenters. The normalized spacial score (nSPS) is 14.8. The van der Waals surface area contributed by atoms with E-state index in [2.05, 4.69) is 20.7 Å². The van der Waals surface area contributed by atoms with Gasteiger partial charge in [0.1, 0.15) is 12.6 Å². The lowest BCUT2D eigenvalue weighted by Crippen LogP contribution is -2.52. The molecule has 4 rings (SSSR count).